The molecule has 6 heteroatoms. The average Bonchev–Trinajstić information content (AvgIpc) is 3.36. The first-order chi connectivity index (χ1) is 34.5. The van der Waals surface area contributed by atoms with Gasteiger partial charge in [0.15, 0.2) is 6.10 Å². The van der Waals surface area contributed by atoms with Gasteiger partial charge in [0, 0.05) is 19.3 Å². The van der Waals surface area contributed by atoms with E-state index in [9.17, 15) is 14.4 Å². The van der Waals surface area contributed by atoms with Crippen LogP contribution < -0.4 is 0 Å². The maximum Gasteiger partial charge on any atom is 0.306 e. The molecule has 0 spiro atoms. The Hall–Kier alpha value is -3.41. The maximum atomic E-state index is 12.9. The smallest absolute Gasteiger partial charge is 0.306 e. The van der Waals surface area contributed by atoms with Crippen molar-refractivity contribution >= 4 is 17.9 Å². The van der Waals surface area contributed by atoms with E-state index in [-0.39, 0.29) is 37.5 Å². The van der Waals surface area contributed by atoms with Gasteiger partial charge in [0.2, 0.25) is 0 Å². The van der Waals surface area contributed by atoms with E-state index in [0.29, 0.717) is 12.8 Å². The minimum atomic E-state index is -0.799. The molecule has 0 saturated heterocycles. The highest BCUT2D eigenvalue weighted by atomic mass is 16.6. The van der Waals surface area contributed by atoms with Gasteiger partial charge in [-0.3, -0.25) is 14.4 Å². The molecule has 70 heavy (non-hydrogen) atoms. The molecular weight excluding hydrogens is 865 g/mol. The minimum Gasteiger partial charge on any atom is -0.462 e. The van der Waals surface area contributed by atoms with Crippen LogP contribution >= 0.6 is 0 Å². The molecule has 1 atom stereocenters. The number of hydrogen-bond acceptors (Lipinski definition) is 6. The Kier molecular flexibility index (Phi) is 55.3. The third-order valence-corrected chi connectivity index (χ3v) is 12.6. The molecule has 0 N–H and O–H groups in total. The van der Waals surface area contributed by atoms with Crippen molar-refractivity contribution < 1.29 is 28.6 Å². The molecule has 0 rings (SSSR count). The van der Waals surface area contributed by atoms with Crippen molar-refractivity contribution in [3.8, 4) is 0 Å². The summed E-state index contributed by atoms with van der Waals surface area (Å²) in [6.45, 7) is 6.48. The third-order valence-electron chi connectivity index (χ3n) is 12.6. The minimum absolute atomic E-state index is 0.0932. The quantitative estimate of drug-likeness (QED) is 0.0261. The number of carbonyl (C=O) groups excluding carboxylic acids is 3. The second kappa shape index (κ2) is 58.2. The number of rotatable bonds is 53. The third kappa shape index (κ3) is 55.5. The fraction of sp³-hybridized carbons (Fsp3) is 0.734. The summed E-state index contributed by atoms with van der Waals surface area (Å²) in [4.78, 5) is 38.2. The van der Waals surface area contributed by atoms with E-state index in [4.69, 9.17) is 14.2 Å². The lowest BCUT2D eigenvalue weighted by Gasteiger charge is -2.18. The standard InChI is InChI=1S/C64H110O6/c1-4-7-10-13-16-19-22-25-27-29-31-32-34-35-37-39-42-45-48-51-54-57-63(66)69-60-61(59-68-62(65)56-53-50-47-44-41-24-21-18-15-12-9-6-3)70-64(67)58-55-52-49-46-43-40-38-36-33-30-28-26-23-20-17-14-11-8-5-2/h8,11,17-18,20-21,26,28-29,31,33,36,40,43,61H,4-7,9-10,12-16,19,22-25,27,30,32,34-35,37-39,41-42,44-60H2,1-3H3/b11-8-,20-17-,21-18-,28-26-,31-29-,36-33-,43-40-. The number of esters is 3. The molecule has 0 aromatic rings. The molecule has 6 nitrogen and oxygen atoms in total. The van der Waals surface area contributed by atoms with Crippen LogP contribution in [0.3, 0.4) is 0 Å². The Morgan fingerprint density at radius 3 is 0.929 bits per heavy atom. The van der Waals surface area contributed by atoms with Crippen LogP contribution in [0.1, 0.15) is 284 Å². The first-order valence-electron chi connectivity index (χ1n) is 29.6. The predicted molar refractivity (Wildman–Crippen MR) is 302 cm³/mol. The Morgan fingerprint density at radius 2 is 0.557 bits per heavy atom. The van der Waals surface area contributed by atoms with Gasteiger partial charge < -0.3 is 14.2 Å². The summed E-state index contributed by atoms with van der Waals surface area (Å²) in [5.74, 6) is -0.931. The number of allylic oxidation sites excluding steroid dienone is 14. The second-order valence-corrected chi connectivity index (χ2v) is 19.5. The monoisotopic (exact) mass is 975 g/mol. The number of carbonyl (C=O) groups is 3. The fourth-order valence-corrected chi connectivity index (χ4v) is 8.16. The molecule has 0 aliphatic rings. The molecule has 1 unspecified atom stereocenters. The SMILES string of the molecule is CC/C=C\C/C=C\C/C=C\C/C=C\C/C=C\CCCCCC(=O)OC(COC(=O)CCCCCCC/C=C\CCCCC)COC(=O)CCCCCCCCCCC/C=C\CCCCCCCCCC. The van der Waals surface area contributed by atoms with Gasteiger partial charge >= 0.3 is 17.9 Å². The lowest BCUT2D eigenvalue weighted by Crippen LogP contribution is -2.30. The molecule has 0 fully saturated rings. The number of ether oxygens (including phenoxy) is 3. The molecule has 0 radical (unpaired) electrons. The fourth-order valence-electron chi connectivity index (χ4n) is 8.16. The van der Waals surface area contributed by atoms with E-state index in [1.165, 1.54) is 141 Å². The average molecular weight is 976 g/mol. The van der Waals surface area contributed by atoms with E-state index in [1.54, 1.807) is 0 Å². The van der Waals surface area contributed by atoms with Crippen LogP contribution in [-0.2, 0) is 28.6 Å². The summed E-state index contributed by atoms with van der Waals surface area (Å²) < 4.78 is 16.8. The van der Waals surface area contributed by atoms with E-state index in [2.05, 4.69) is 106 Å². The van der Waals surface area contributed by atoms with Crippen molar-refractivity contribution in [3.05, 3.63) is 85.1 Å². The van der Waals surface area contributed by atoms with Gasteiger partial charge in [-0.2, -0.15) is 0 Å². The van der Waals surface area contributed by atoms with Crippen LogP contribution in [0.4, 0.5) is 0 Å². The molecule has 0 aromatic carbocycles. The highest BCUT2D eigenvalue weighted by Gasteiger charge is 2.19. The van der Waals surface area contributed by atoms with Gasteiger partial charge in [0.1, 0.15) is 13.2 Å². The van der Waals surface area contributed by atoms with Crippen molar-refractivity contribution in [3.63, 3.8) is 0 Å². The summed E-state index contributed by atoms with van der Waals surface area (Å²) in [5, 5.41) is 0. The van der Waals surface area contributed by atoms with Crippen LogP contribution in [0, 0.1) is 0 Å². The predicted octanol–water partition coefficient (Wildman–Crippen LogP) is 19.9. The Balaban J connectivity index is 4.39. The van der Waals surface area contributed by atoms with Crippen LogP contribution in [-0.4, -0.2) is 37.2 Å². The van der Waals surface area contributed by atoms with Crippen molar-refractivity contribution in [1.29, 1.82) is 0 Å². The normalized spacial score (nSPS) is 12.7. The zero-order valence-electron chi connectivity index (χ0n) is 46.0. The van der Waals surface area contributed by atoms with Crippen molar-refractivity contribution in [2.75, 3.05) is 13.2 Å². The summed E-state index contributed by atoms with van der Waals surface area (Å²) >= 11 is 0. The Morgan fingerprint density at radius 1 is 0.300 bits per heavy atom. The molecule has 0 aromatic heterocycles. The number of hydrogen-bond donors (Lipinski definition) is 0. The lowest BCUT2D eigenvalue weighted by atomic mass is 10.1. The van der Waals surface area contributed by atoms with Gasteiger partial charge in [0.05, 0.1) is 0 Å². The molecular formula is C64H110O6. The van der Waals surface area contributed by atoms with Crippen molar-refractivity contribution in [2.45, 2.75) is 290 Å². The molecule has 402 valence electrons. The Labute approximate surface area is 433 Å². The topological polar surface area (TPSA) is 78.9 Å². The Bertz CT molecular complexity index is 1350. The lowest BCUT2D eigenvalue weighted by molar-refractivity contribution is -0.167. The van der Waals surface area contributed by atoms with Crippen LogP contribution in [0.15, 0.2) is 85.1 Å². The van der Waals surface area contributed by atoms with Gasteiger partial charge in [-0.25, -0.2) is 0 Å². The zero-order valence-corrected chi connectivity index (χ0v) is 46.0. The molecule has 0 bridgehead atoms. The van der Waals surface area contributed by atoms with E-state index < -0.39 is 6.10 Å². The molecule has 0 aliphatic carbocycles. The molecule has 0 heterocycles. The van der Waals surface area contributed by atoms with Gasteiger partial charge in [-0.15, -0.1) is 0 Å². The van der Waals surface area contributed by atoms with Crippen molar-refractivity contribution in [2.24, 2.45) is 0 Å². The molecule has 0 amide bonds. The molecule has 0 saturated carbocycles. The van der Waals surface area contributed by atoms with Crippen molar-refractivity contribution in [1.82, 2.24) is 0 Å². The largest absolute Gasteiger partial charge is 0.462 e. The van der Waals surface area contributed by atoms with E-state index in [0.717, 1.165) is 103 Å². The first-order valence-corrected chi connectivity index (χ1v) is 29.6. The summed E-state index contributed by atoms with van der Waals surface area (Å²) in [7, 11) is 0. The highest BCUT2D eigenvalue weighted by Crippen LogP contribution is 2.15. The summed E-state index contributed by atoms with van der Waals surface area (Å²) in [5.41, 5.74) is 0. The summed E-state index contributed by atoms with van der Waals surface area (Å²) in [6.07, 6.45) is 75.8. The number of unbranched alkanes of at least 4 members (excludes halogenated alkanes) is 28. The van der Waals surface area contributed by atoms with Gasteiger partial charge in [-0.05, 0) is 116 Å². The summed E-state index contributed by atoms with van der Waals surface area (Å²) in [6, 6.07) is 0. The highest BCUT2D eigenvalue weighted by molar-refractivity contribution is 5.71. The van der Waals surface area contributed by atoms with Gasteiger partial charge in [-0.1, -0.05) is 234 Å². The van der Waals surface area contributed by atoms with Crippen LogP contribution in [0.2, 0.25) is 0 Å². The first kappa shape index (κ1) is 66.6. The van der Waals surface area contributed by atoms with E-state index >= 15 is 0 Å². The van der Waals surface area contributed by atoms with Crippen LogP contribution in [0.25, 0.3) is 0 Å². The maximum absolute atomic E-state index is 12.9. The van der Waals surface area contributed by atoms with E-state index in [1.807, 2.05) is 0 Å². The van der Waals surface area contributed by atoms with Crippen LogP contribution in [0.5, 0.6) is 0 Å². The zero-order chi connectivity index (χ0) is 50.7. The van der Waals surface area contributed by atoms with Gasteiger partial charge in [0.25, 0.3) is 0 Å². The second-order valence-electron chi connectivity index (χ2n) is 19.5. The molecule has 0 aliphatic heterocycles.